The quantitative estimate of drug-likeness (QED) is 0.516. The number of alkyl halides is 3. The number of oxazole rings is 1. The van der Waals surface area contributed by atoms with Crippen LogP contribution in [0.4, 0.5) is 13.2 Å². The summed E-state index contributed by atoms with van der Waals surface area (Å²) in [6.07, 6.45) is -1.62. The molecule has 1 aromatic carbocycles. The number of aliphatic hydroxyl groups is 1. The van der Waals surface area contributed by atoms with E-state index in [4.69, 9.17) is 4.42 Å². The zero-order valence-electron chi connectivity index (χ0n) is 17.2. The minimum atomic E-state index is -4.45. The second kappa shape index (κ2) is 10.3. The van der Waals surface area contributed by atoms with Gasteiger partial charge in [-0.05, 0) is 31.0 Å². The molecule has 10 heteroatoms. The molecular weight excluding hydrogens is 427 g/mol. The number of rotatable bonds is 9. The van der Waals surface area contributed by atoms with Gasteiger partial charge in [-0.1, -0.05) is 24.3 Å². The Labute approximate surface area is 182 Å². The van der Waals surface area contributed by atoms with E-state index in [1.54, 1.807) is 0 Å². The van der Waals surface area contributed by atoms with Crippen molar-refractivity contribution in [2.45, 2.75) is 32.0 Å². The number of benzene rings is 1. The predicted molar refractivity (Wildman–Crippen MR) is 109 cm³/mol. The largest absolute Gasteiger partial charge is 0.483 e. The molecule has 2 aromatic heterocycles. The Morgan fingerprint density at radius 3 is 2.50 bits per heavy atom. The molecule has 2 N–H and O–H groups in total. The molecule has 0 fully saturated rings. The third-order valence-corrected chi connectivity index (χ3v) is 4.60. The second-order valence-electron chi connectivity index (χ2n) is 7.10. The zero-order valence-corrected chi connectivity index (χ0v) is 17.2. The summed E-state index contributed by atoms with van der Waals surface area (Å²) in [4.78, 5) is 20.6. The molecule has 0 saturated carbocycles. The molecule has 1 atom stereocenters. The van der Waals surface area contributed by atoms with Crippen LogP contribution in [0.15, 0.2) is 53.4 Å². The van der Waals surface area contributed by atoms with Gasteiger partial charge in [0.1, 0.15) is 5.75 Å². The van der Waals surface area contributed by atoms with Crippen LogP contribution in [0.5, 0.6) is 5.75 Å². The third-order valence-electron chi connectivity index (χ3n) is 4.60. The Morgan fingerprint density at radius 2 is 1.94 bits per heavy atom. The molecule has 2 heterocycles. The number of hydrogen-bond acceptors (Lipinski definition) is 6. The number of aliphatic hydroxyl groups excluding tert-OH is 1. The maximum atomic E-state index is 12.5. The molecule has 0 spiro atoms. The average Bonchev–Trinajstić information content (AvgIpc) is 3.18. The Kier molecular flexibility index (Phi) is 7.47. The van der Waals surface area contributed by atoms with E-state index in [1.165, 1.54) is 18.5 Å². The summed E-state index contributed by atoms with van der Waals surface area (Å²) in [5.74, 6) is 0.339. The molecule has 0 radical (unpaired) electrons. The van der Waals surface area contributed by atoms with E-state index < -0.39 is 18.8 Å². The highest BCUT2D eigenvalue weighted by Crippen LogP contribution is 2.23. The SMILES string of the molecule is Cc1ncoc1-c1ccc(CC(=O)N[C@H](CCO)c2ccc(OCC(F)(F)F)cn2)cc1. The van der Waals surface area contributed by atoms with Crippen molar-refractivity contribution in [1.29, 1.82) is 0 Å². The number of aromatic nitrogens is 2. The third kappa shape index (κ3) is 6.55. The number of amides is 1. The average molecular weight is 449 g/mol. The normalized spacial score (nSPS) is 12.4. The van der Waals surface area contributed by atoms with Crippen LogP contribution in [0.25, 0.3) is 11.3 Å². The van der Waals surface area contributed by atoms with Crippen molar-refractivity contribution >= 4 is 5.91 Å². The van der Waals surface area contributed by atoms with E-state index in [0.717, 1.165) is 23.0 Å². The molecule has 3 aromatic rings. The minimum absolute atomic E-state index is 0.0396. The van der Waals surface area contributed by atoms with Crippen LogP contribution in [-0.2, 0) is 11.2 Å². The van der Waals surface area contributed by atoms with E-state index in [2.05, 4.69) is 20.0 Å². The van der Waals surface area contributed by atoms with Gasteiger partial charge in [-0.3, -0.25) is 9.78 Å². The van der Waals surface area contributed by atoms with Gasteiger partial charge in [0.15, 0.2) is 18.8 Å². The number of carbonyl (C=O) groups is 1. The van der Waals surface area contributed by atoms with Crippen LogP contribution in [-0.4, -0.2) is 40.4 Å². The van der Waals surface area contributed by atoms with Crippen LogP contribution in [0.3, 0.4) is 0 Å². The maximum Gasteiger partial charge on any atom is 0.422 e. The molecular formula is C22H22F3N3O4. The number of nitrogens with one attached hydrogen (secondary N) is 1. The van der Waals surface area contributed by atoms with Gasteiger partial charge in [-0.15, -0.1) is 0 Å². The number of nitrogens with zero attached hydrogens (tertiary/aromatic N) is 2. The Hall–Kier alpha value is -3.40. The van der Waals surface area contributed by atoms with Gasteiger partial charge >= 0.3 is 6.18 Å². The van der Waals surface area contributed by atoms with E-state index in [-0.39, 0.29) is 31.1 Å². The van der Waals surface area contributed by atoms with Crippen molar-refractivity contribution in [3.8, 4) is 17.1 Å². The molecule has 0 aliphatic rings. The number of hydrogen-bond donors (Lipinski definition) is 2. The summed E-state index contributed by atoms with van der Waals surface area (Å²) in [7, 11) is 0. The molecule has 0 aliphatic heterocycles. The van der Waals surface area contributed by atoms with Crippen molar-refractivity contribution in [1.82, 2.24) is 15.3 Å². The van der Waals surface area contributed by atoms with Crippen LogP contribution in [0, 0.1) is 6.92 Å². The lowest BCUT2D eigenvalue weighted by Gasteiger charge is -2.18. The molecule has 1 amide bonds. The predicted octanol–water partition coefficient (Wildman–Crippen LogP) is 3.77. The fraction of sp³-hybridized carbons (Fsp3) is 0.318. The van der Waals surface area contributed by atoms with Crippen LogP contribution >= 0.6 is 0 Å². The summed E-state index contributed by atoms with van der Waals surface area (Å²) in [6.45, 7) is 0.217. The molecule has 7 nitrogen and oxygen atoms in total. The van der Waals surface area contributed by atoms with E-state index in [0.29, 0.717) is 11.5 Å². The first-order chi connectivity index (χ1) is 15.2. The summed E-state index contributed by atoms with van der Waals surface area (Å²) in [5, 5.41) is 12.1. The molecule has 0 saturated heterocycles. The van der Waals surface area contributed by atoms with Gasteiger partial charge in [0.25, 0.3) is 0 Å². The van der Waals surface area contributed by atoms with Gasteiger partial charge in [0, 0.05) is 12.2 Å². The van der Waals surface area contributed by atoms with E-state index in [1.807, 2.05) is 31.2 Å². The standard InChI is InChI=1S/C22H22F3N3O4/c1-14-21(32-13-27-14)16-4-2-15(3-5-16)10-20(30)28-19(8-9-29)18-7-6-17(11-26-18)31-12-22(23,24)25/h2-7,11,13,19,29H,8-10,12H2,1H3,(H,28,30)/t19-/m1/s1. The van der Waals surface area contributed by atoms with Crippen LogP contribution in [0.1, 0.15) is 29.4 Å². The first kappa shape index (κ1) is 23.3. The number of ether oxygens (including phenoxy) is 1. The van der Waals surface area contributed by atoms with Crippen molar-refractivity contribution in [3.63, 3.8) is 0 Å². The molecule has 170 valence electrons. The highest BCUT2D eigenvalue weighted by Gasteiger charge is 2.28. The van der Waals surface area contributed by atoms with Crippen molar-refractivity contribution in [2.24, 2.45) is 0 Å². The number of halogens is 3. The van der Waals surface area contributed by atoms with Crippen LogP contribution < -0.4 is 10.1 Å². The zero-order chi connectivity index (χ0) is 23.1. The summed E-state index contributed by atoms with van der Waals surface area (Å²) in [6, 6.07) is 9.49. The Bertz CT molecular complexity index is 1020. The summed E-state index contributed by atoms with van der Waals surface area (Å²) >= 11 is 0. The monoisotopic (exact) mass is 449 g/mol. The Morgan fingerprint density at radius 1 is 1.19 bits per heavy atom. The highest BCUT2D eigenvalue weighted by molar-refractivity contribution is 5.79. The van der Waals surface area contributed by atoms with Gasteiger partial charge in [0.05, 0.1) is 30.0 Å². The van der Waals surface area contributed by atoms with Crippen molar-refractivity contribution in [2.75, 3.05) is 13.2 Å². The molecule has 0 bridgehead atoms. The molecule has 0 aliphatic carbocycles. The number of aryl methyl sites for hydroxylation is 1. The lowest BCUT2D eigenvalue weighted by atomic mass is 10.1. The number of pyridine rings is 1. The molecule has 32 heavy (non-hydrogen) atoms. The topological polar surface area (TPSA) is 97.5 Å². The fourth-order valence-corrected chi connectivity index (χ4v) is 3.06. The van der Waals surface area contributed by atoms with Gasteiger partial charge in [-0.2, -0.15) is 13.2 Å². The molecule has 0 unspecified atom stereocenters. The van der Waals surface area contributed by atoms with Gasteiger partial charge < -0.3 is 19.6 Å². The van der Waals surface area contributed by atoms with Gasteiger partial charge in [-0.25, -0.2) is 4.98 Å². The smallest absolute Gasteiger partial charge is 0.422 e. The summed E-state index contributed by atoms with van der Waals surface area (Å²) in [5.41, 5.74) is 2.79. The molecule has 3 rings (SSSR count). The Balaban J connectivity index is 1.60. The first-order valence-electron chi connectivity index (χ1n) is 9.80. The second-order valence-corrected chi connectivity index (χ2v) is 7.10. The van der Waals surface area contributed by atoms with Crippen molar-refractivity contribution < 1.29 is 32.2 Å². The van der Waals surface area contributed by atoms with Crippen LogP contribution in [0.2, 0.25) is 0 Å². The minimum Gasteiger partial charge on any atom is -0.483 e. The van der Waals surface area contributed by atoms with Gasteiger partial charge in [0.2, 0.25) is 5.91 Å². The first-order valence-corrected chi connectivity index (χ1v) is 9.80. The summed E-state index contributed by atoms with van der Waals surface area (Å²) < 4.78 is 46.8. The number of carbonyl (C=O) groups excluding carboxylic acids is 1. The highest BCUT2D eigenvalue weighted by atomic mass is 19.4. The maximum absolute atomic E-state index is 12.5. The fourth-order valence-electron chi connectivity index (χ4n) is 3.06. The van der Waals surface area contributed by atoms with E-state index in [9.17, 15) is 23.1 Å². The lowest BCUT2D eigenvalue weighted by molar-refractivity contribution is -0.153. The van der Waals surface area contributed by atoms with E-state index >= 15 is 0 Å². The lowest BCUT2D eigenvalue weighted by Crippen LogP contribution is -2.31. The van der Waals surface area contributed by atoms with Crippen molar-refractivity contribution in [3.05, 3.63) is 65.9 Å².